The number of hydrogen-bond donors (Lipinski definition) is 1. The Morgan fingerprint density at radius 3 is 2.77 bits per heavy atom. The first-order chi connectivity index (χ1) is 6.25. The van der Waals surface area contributed by atoms with E-state index in [0.717, 1.165) is 30.1 Å². The molecular weight excluding hydrogens is 164 g/mol. The van der Waals surface area contributed by atoms with Gasteiger partial charge in [0.15, 0.2) is 6.29 Å². The molecule has 74 valence electrons. The van der Waals surface area contributed by atoms with Gasteiger partial charge in [0.2, 0.25) is 0 Å². The second-order valence-electron chi connectivity index (χ2n) is 5.11. The Morgan fingerprint density at radius 2 is 1.92 bits per heavy atom. The third-order valence-corrected chi connectivity index (χ3v) is 4.55. The summed E-state index contributed by atoms with van der Waals surface area (Å²) in [5, 5.41) is 9.53. The first-order valence-electron chi connectivity index (χ1n) is 5.59. The molecule has 1 saturated heterocycles. The van der Waals surface area contributed by atoms with Crippen molar-refractivity contribution in [3.63, 3.8) is 0 Å². The molecule has 2 heteroatoms. The highest BCUT2D eigenvalue weighted by Crippen LogP contribution is 2.57. The molecular formula is C11H18O2. The van der Waals surface area contributed by atoms with Gasteiger partial charge in [0, 0.05) is 6.42 Å². The van der Waals surface area contributed by atoms with Crippen LogP contribution in [0.1, 0.15) is 32.6 Å². The quantitative estimate of drug-likeness (QED) is 0.618. The van der Waals surface area contributed by atoms with E-state index in [1.807, 2.05) is 0 Å². The van der Waals surface area contributed by atoms with Crippen molar-refractivity contribution in [3.05, 3.63) is 0 Å². The highest BCUT2D eigenvalue weighted by molar-refractivity contribution is 5.00. The molecule has 1 N–H and O–H groups in total. The fraction of sp³-hybridized carbons (Fsp3) is 1.00. The van der Waals surface area contributed by atoms with Gasteiger partial charge in [-0.05, 0) is 49.9 Å². The second kappa shape index (κ2) is 2.71. The molecule has 0 aromatic rings. The largest absolute Gasteiger partial charge is 0.368 e. The summed E-state index contributed by atoms with van der Waals surface area (Å²) in [6.07, 6.45) is 4.95. The maximum absolute atomic E-state index is 9.53. The monoisotopic (exact) mass is 182 g/mol. The van der Waals surface area contributed by atoms with Crippen LogP contribution in [0.25, 0.3) is 0 Å². The highest BCUT2D eigenvalue weighted by atomic mass is 16.6. The molecule has 2 nitrogen and oxygen atoms in total. The van der Waals surface area contributed by atoms with Crippen molar-refractivity contribution >= 4 is 0 Å². The molecule has 0 aromatic heterocycles. The first kappa shape index (κ1) is 8.25. The summed E-state index contributed by atoms with van der Waals surface area (Å²) >= 11 is 0. The third-order valence-electron chi connectivity index (χ3n) is 4.55. The molecule has 5 unspecified atom stereocenters. The van der Waals surface area contributed by atoms with Crippen molar-refractivity contribution in [2.24, 2.45) is 23.7 Å². The summed E-state index contributed by atoms with van der Waals surface area (Å²) in [6.45, 7) is 2.14. The van der Waals surface area contributed by atoms with Gasteiger partial charge in [-0.25, -0.2) is 0 Å². The molecule has 1 heterocycles. The SMILES string of the molecule is C[C@@H]1OC(O)CC2C3CCC(C3)C21. The van der Waals surface area contributed by atoms with Gasteiger partial charge in [-0.1, -0.05) is 0 Å². The van der Waals surface area contributed by atoms with E-state index in [1.54, 1.807) is 0 Å². The van der Waals surface area contributed by atoms with Crippen LogP contribution in [0.5, 0.6) is 0 Å². The van der Waals surface area contributed by atoms with Gasteiger partial charge < -0.3 is 9.84 Å². The molecule has 0 amide bonds. The zero-order chi connectivity index (χ0) is 9.00. The van der Waals surface area contributed by atoms with Crippen LogP contribution in [0.4, 0.5) is 0 Å². The topological polar surface area (TPSA) is 29.5 Å². The maximum Gasteiger partial charge on any atom is 0.155 e. The molecule has 0 spiro atoms. The second-order valence-corrected chi connectivity index (χ2v) is 5.11. The van der Waals surface area contributed by atoms with E-state index in [0.29, 0.717) is 6.10 Å². The lowest BCUT2D eigenvalue weighted by atomic mass is 9.73. The van der Waals surface area contributed by atoms with Crippen molar-refractivity contribution < 1.29 is 9.84 Å². The summed E-state index contributed by atoms with van der Waals surface area (Å²) in [6, 6.07) is 0. The minimum atomic E-state index is -0.476. The number of rotatable bonds is 0. The van der Waals surface area contributed by atoms with E-state index >= 15 is 0 Å². The third kappa shape index (κ3) is 1.08. The van der Waals surface area contributed by atoms with Crippen molar-refractivity contribution in [3.8, 4) is 0 Å². The average Bonchev–Trinajstić information content (AvgIpc) is 2.62. The van der Waals surface area contributed by atoms with E-state index in [1.165, 1.54) is 19.3 Å². The first-order valence-corrected chi connectivity index (χ1v) is 5.59. The molecule has 3 fully saturated rings. The standard InChI is InChI=1S/C11H18O2/c1-6-11-8-3-2-7(4-8)9(11)5-10(12)13-6/h6-12H,2-5H2,1H3/t6-,7?,8?,9?,10?,11?/m0/s1. The minimum absolute atomic E-state index is 0.295. The van der Waals surface area contributed by atoms with Gasteiger partial charge in [-0.2, -0.15) is 0 Å². The van der Waals surface area contributed by atoms with Crippen LogP contribution in [0.3, 0.4) is 0 Å². The van der Waals surface area contributed by atoms with Gasteiger partial charge in [0.1, 0.15) is 0 Å². The molecule has 0 radical (unpaired) electrons. The van der Waals surface area contributed by atoms with Gasteiger partial charge in [-0.3, -0.25) is 0 Å². The summed E-state index contributed by atoms with van der Waals surface area (Å²) in [5.74, 6) is 3.37. The fourth-order valence-electron chi connectivity index (χ4n) is 4.16. The Labute approximate surface area is 79.3 Å². The van der Waals surface area contributed by atoms with E-state index in [9.17, 15) is 5.11 Å². The summed E-state index contributed by atoms with van der Waals surface area (Å²) in [4.78, 5) is 0. The Kier molecular flexibility index (Phi) is 1.72. The summed E-state index contributed by atoms with van der Waals surface area (Å²) in [5.41, 5.74) is 0. The Balaban J connectivity index is 1.85. The Bertz CT molecular complexity index is 216. The average molecular weight is 182 g/mol. The predicted molar refractivity (Wildman–Crippen MR) is 49.0 cm³/mol. The number of aliphatic hydroxyl groups excluding tert-OH is 1. The van der Waals surface area contributed by atoms with Crippen molar-refractivity contribution in [2.75, 3.05) is 0 Å². The number of aliphatic hydroxyl groups is 1. The summed E-state index contributed by atoms with van der Waals surface area (Å²) in [7, 11) is 0. The Morgan fingerprint density at radius 1 is 1.15 bits per heavy atom. The van der Waals surface area contributed by atoms with Gasteiger partial charge in [0.05, 0.1) is 6.10 Å². The van der Waals surface area contributed by atoms with E-state index < -0.39 is 6.29 Å². The lowest BCUT2D eigenvalue weighted by Gasteiger charge is -2.41. The molecule has 2 bridgehead atoms. The van der Waals surface area contributed by atoms with Crippen LogP contribution in [0, 0.1) is 23.7 Å². The lowest BCUT2D eigenvalue weighted by Crippen LogP contribution is -2.42. The molecule has 2 aliphatic carbocycles. The van der Waals surface area contributed by atoms with E-state index in [-0.39, 0.29) is 0 Å². The fourth-order valence-corrected chi connectivity index (χ4v) is 4.16. The van der Waals surface area contributed by atoms with Crippen LogP contribution in [0.2, 0.25) is 0 Å². The molecule has 13 heavy (non-hydrogen) atoms. The number of ether oxygens (including phenoxy) is 1. The van der Waals surface area contributed by atoms with Gasteiger partial charge in [0.25, 0.3) is 0 Å². The van der Waals surface area contributed by atoms with Crippen LogP contribution in [0.15, 0.2) is 0 Å². The van der Waals surface area contributed by atoms with Crippen molar-refractivity contribution in [1.82, 2.24) is 0 Å². The van der Waals surface area contributed by atoms with E-state index in [4.69, 9.17) is 4.74 Å². The Hall–Kier alpha value is -0.0800. The molecule has 1 aliphatic heterocycles. The number of hydrogen-bond acceptors (Lipinski definition) is 2. The van der Waals surface area contributed by atoms with E-state index in [2.05, 4.69) is 6.92 Å². The smallest absolute Gasteiger partial charge is 0.155 e. The zero-order valence-electron chi connectivity index (χ0n) is 8.15. The highest BCUT2D eigenvalue weighted by Gasteiger charge is 2.52. The zero-order valence-corrected chi connectivity index (χ0v) is 8.15. The van der Waals surface area contributed by atoms with Crippen LogP contribution in [-0.4, -0.2) is 17.5 Å². The minimum Gasteiger partial charge on any atom is -0.368 e. The molecule has 3 rings (SSSR count). The van der Waals surface area contributed by atoms with Crippen LogP contribution in [-0.2, 0) is 4.74 Å². The molecule has 2 saturated carbocycles. The molecule has 3 aliphatic rings. The lowest BCUT2D eigenvalue weighted by molar-refractivity contribution is -0.202. The molecule has 6 atom stereocenters. The van der Waals surface area contributed by atoms with Crippen LogP contribution < -0.4 is 0 Å². The maximum atomic E-state index is 9.53. The van der Waals surface area contributed by atoms with Crippen molar-refractivity contribution in [2.45, 2.75) is 45.0 Å². The summed E-state index contributed by atoms with van der Waals surface area (Å²) < 4.78 is 5.51. The number of fused-ring (bicyclic) bond motifs is 5. The van der Waals surface area contributed by atoms with Gasteiger partial charge in [-0.15, -0.1) is 0 Å². The molecule has 0 aromatic carbocycles. The van der Waals surface area contributed by atoms with Gasteiger partial charge >= 0.3 is 0 Å². The van der Waals surface area contributed by atoms with Crippen molar-refractivity contribution in [1.29, 1.82) is 0 Å². The van der Waals surface area contributed by atoms with Crippen LogP contribution >= 0.6 is 0 Å². The normalized spacial score (nSPS) is 59.5. The predicted octanol–water partition coefficient (Wildman–Crippen LogP) is 1.78.